The van der Waals surface area contributed by atoms with Crippen molar-refractivity contribution in [2.24, 2.45) is 0 Å². The van der Waals surface area contributed by atoms with Gasteiger partial charge < -0.3 is 10.3 Å². The van der Waals surface area contributed by atoms with Gasteiger partial charge in [0.05, 0.1) is 6.33 Å². The molecule has 0 saturated carbocycles. The van der Waals surface area contributed by atoms with Crippen LogP contribution in [0, 0.1) is 6.92 Å². The Morgan fingerprint density at radius 1 is 1.35 bits per heavy atom. The standard InChI is InChI=1S/C13H13N5S2/c1-9-6-11(18-5-4-15-8-18)3-2-10(9)7-19-13-17-16-12(14)20-13/h2-6,8H,7H2,1H3,(H2,14,16). The molecule has 0 spiro atoms. The van der Waals surface area contributed by atoms with Gasteiger partial charge in [0, 0.05) is 23.8 Å². The molecule has 0 aliphatic heterocycles. The third-order valence-corrected chi connectivity index (χ3v) is 4.84. The molecule has 20 heavy (non-hydrogen) atoms. The van der Waals surface area contributed by atoms with Crippen LogP contribution in [0.1, 0.15) is 11.1 Å². The molecular formula is C13H13N5S2. The van der Waals surface area contributed by atoms with Crippen LogP contribution in [0.5, 0.6) is 0 Å². The highest BCUT2D eigenvalue weighted by Gasteiger charge is 2.05. The number of benzene rings is 1. The lowest BCUT2D eigenvalue weighted by atomic mass is 10.1. The number of thioether (sulfide) groups is 1. The van der Waals surface area contributed by atoms with Gasteiger partial charge in [-0.3, -0.25) is 0 Å². The van der Waals surface area contributed by atoms with E-state index in [-0.39, 0.29) is 0 Å². The maximum Gasteiger partial charge on any atom is 0.203 e. The fourth-order valence-electron chi connectivity index (χ4n) is 1.83. The first-order chi connectivity index (χ1) is 9.72. The van der Waals surface area contributed by atoms with Crippen LogP contribution in [0.15, 0.2) is 41.3 Å². The summed E-state index contributed by atoms with van der Waals surface area (Å²) in [6.07, 6.45) is 5.51. The monoisotopic (exact) mass is 303 g/mol. The number of aryl methyl sites for hydroxylation is 1. The van der Waals surface area contributed by atoms with E-state index in [2.05, 4.69) is 40.3 Å². The number of hydrogen-bond acceptors (Lipinski definition) is 6. The number of imidazole rings is 1. The smallest absolute Gasteiger partial charge is 0.203 e. The lowest BCUT2D eigenvalue weighted by Crippen LogP contribution is -1.93. The van der Waals surface area contributed by atoms with Crippen LogP contribution >= 0.6 is 23.1 Å². The van der Waals surface area contributed by atoms with E-state index < -0.39 is 0 Å². The molecule has 3 aromatic rings. The number of nitrogen functional groups attached to an aromatic ring is 1. The molecule has 0 amide bonds. The Hall–Kier alpha value is -1.86. The summed E-state index contributed by atoms with van der Waals surface area (Å²) in [4.78, 5) is 4.06. The third kappa shape index (κ3) is 2.83. The number of hydrogen-bond donors (Lipinski definition) is 1. The Bertz CT molecular complexity index is 705. The molecule has 2 aromatic heterocycles. The number of nitrogens with two attached hydrogens (primary N) is 1. The number of rotatable bonds is 4. The van der Waals surface area contributed by atoms with Gasteiger partial charge in [-0.05, 0) is 30.2 Å². The minimum atomic E-state index is 0.514. The zero-order valence-electron chi connectivity index (χ0n) is 10.9. The normalized spacial score (nSPS) is 10.8. The highest BCUT2D eigenvalue weighted by molar-refractivity contribution is 8.00. The molecule has 0 fully saturated rings. The molecule has 0 radical (unpaired) electrons. The first-order valence-electron chi connectivity index (χ1n) is 6.02. The minimum Gasteiger partial charge on any atom is -0.374 e. The van der Waals surface area contributed by atoms with E-state index in [4.69, 9.17) is 5.73 Å². The minimum absolute atomic E-state index is 0.514. The van der Waals surface area contributed by atoms with Gasteiger partial charge in [0.25, 0.3) is 0 Å². The van der Waals surface area contributed by atoms with E-state index in [9.17, 15) is 0 Å². The van der Waals surface area contributed by atoms with Gasteiger partial charge >= 0.3 is 0 Å². The third-order valence-electron chi connectivity index (χ3n) is 2.90. The quantitative estimate of drug-likeness (QED) is 0.750. The van der Waals surface area contributed by atoms with Crippen LogP contribution in [0.3, 0.4) is 0 Å². The summed E-state index contributed by atoms with van der Waals surface area (Å²) in [5.41, 5.74) is 9.23. The van der Waals surface area contributed by atoms with Crippen LogP contribution in [0.25, 0.3) is 5.69 Å². The lowest BCUT2D eigenvalue weighted by Gasteiger charge is -2.08. The van der Waals surface area contributed by atoms with Crippen molar-refractivity contribution in [3.05, 3.63) is 48.0 Å². The average molecular weight is 303 g/mol. The molecule has 2 N–H and O–H groups in total. The van der Waals surface area contributed by atoms with E-state index in [1.54, 1.807) is 24.3 Å². The first kappa shape index (κ1) is 13.1. The fraction of sp³-hybridized carbons (Fsp3) is 0.154. The van der Waals surface area contributed by atoms with E-state index in [1.165, 1.54) is 22.5 Å². The Morgan fingerprint density at radius 3 is 2.90 bits per heavy atom. The molecular weight excluding hydrogens is 290 g/mol. The summed E-state index contributed by atoms with van der Waals surface area (Å²) < 4.78 is 2.90. The SMILES string of the molecule is Cc1cc(-n2ccnc2)ccc1CSc1nnc(N)s1. The van der Waals surface area contributed by atoms with Gasteiger partial charge in [0.15, 0.2) is 4.34 Å². The van der Waals surface area contributed by atoms with Gasteiger partial charge in [-0.1, -0.05) is 29.2 Å². The molecule has 7 heteroatoms. The summed E-state index contributed by atoms with van der Waals surface area (Å²) in [7, 11) is 0. The lowest BCUT2D eigenvalue weighted by molar-refractivity contribution is 1.02. The van der Waals surface area contributed by atoms with E-state index in [0.29, 0.717) is 5.13 Å². The van der Waals surface area contributed by atoms with Crippen molar-refractivity contribution in [2.75, 3.05) is 5.73 Å². The summed E-state index contributed by atoms with van der Waals surface area (Å²) in [6, 6.07) is 6.40. The predicted molar refractivity (Wildman–Crippen MR) is 82.2 cm³/mol. The van der Waals surface area contributed by atoms with E-state index in [0.717, 1.165) is 15.8 Å². The van der Waals surface area contributed by atoms with E-state index >= 15 is 0 Å². The summed E-state index contributed by atoms with van der Waals surface area (Å²) in [5, 5.41) is 8.34. The molecule has 0 unspecified atom stereocenters. The zero-order valence-corrected chi connectivity index (χ0v) is 12.5. The summed E-state index contributed by atoms with van der Waals surface area (Å²) in [6.45, 7) is 2.12. The average Bonchev–Trinajstić information content (AvgIpc) is 3.08. The van der Waals surface area contributed by atoms with Crippen molar-refractivity contribution in [1.29, 1.82) is 0 Å². The van der Waals surface area contributed by atoms with Crippen molar-refractivity contribution in [2.45, 2.75) is 17.0 Å². The Balaban J connectivity index is 1.74. The first-order valence-corrected chi connectivity index (χ1v) is 7.82. The Kier molecular flexibility index (Phi) is 3.70. The van der Waals surface area contributed by atoms with Crippen LogP contribution in [0.4, 0.5) is 5.13 Å². The molecule has 3 rings (SSSR count). The van der Waals surface area contributed by atoms with Crippen molar-refractivity contribution in [3.63, 3.8) is 0 Å². The second-order valence-electron chi connectivity index (χ2n) is 4.28. The number of nitrogens with zero attached hydrogens (tertiary/aromatic N) is 4. The van der Waals surface area contributed by atoms with Crippen LogP contribution in [-0.2, 0) is 5.75 Å². The van der Waals surface area contributed by atoms with E-state index in [1.807, 2.05) is 10.8 Å². The molecule has 0 atom stereocenters. The number of aromatic nitrogens is 4. The van der Waals surface area contributed by atoms with Crippen molar-refractivity contribution in [3.8, 4) is 5.69 Å². The fourth-order valence-corrected chi connectivity index (χ4v) is 3.54. The maximum atomic E-state index is 5.57. The van der Waals surface area contributed by atoms with Crippen LogP contribution < -0.4 is 5.73 Å². The highest BCUT2D eigenvalue weighted by Crippen LogP contribution is 2.28. The van der Waals surface area contributed by atoms with Gasteiger partial charge in [-0.25, -0.2) is 4.98 Å². The molecule has 102 valence electrons. The van der Waals surface area contributed by atoms with Gasteiger partial charge in [-0.15, -0.1) is 10.2 Å². The van der Waals surface area contributed by atoms with Crippen molar-refractivity contribution in [1.82, 2.24) is 19.7 Å². The van der Waals surface area contributed by atoms with Crippen LogP contribution in [0.2, 0.25) is 0 Å². The van der Waals surface area contributed by atoms with Crippen molar-refractivity contribution >= 4 is 28.2 Å². The summed E-state index contributed by atoms with van der Waals surface area (Å²) >= 11 is 3.08. The number of anilines is 1. The van der Waals surface area contributed by atoms with Gasteiger partial charge in [0.1, 0.15) is 0 Å². The maximum absolute atomic E-state index is 5.57. The summed E-state index contributed by atoms with van der Waals surface area (Å²) in [5.74, 6) is 0.866. The zero-order chi connectivity index (χ0) is 13.9. The molecule has 0 aliphatic carbocycles. The van der Waals surface area contributed by atoms with Crippen molar-refractivity contribution < 1.29 is 0 Å². The molecule has 2 heterocycles. The topological polar surface area (TPSA) is 69.6 Å². The largest absolute Gasteiger partial charge is 0.374 e. The molecule has 1 aromatic carbocycles. The predicted octanol–water partition coefficient (Wildman–Crippen LogP) is 2.91. The molecule has 0 aliphatic rings. The highest BCUT2D eigenvalue weighted by atomic mass is 32.2. The van der Waals surface area contributed by atoms with Crippen LogP contribution in [-0.4, -0.2) is 19.7 Å². The van der Waals surface area contributed by atoms with Gasteiger partial charge in [0.2, 0.25) is 5.13 Å². The Labute approximate surface area is 124 Å². The second-order valence-corrected chi connectivity index (χ2v) is 6.51. The Morgan fingerprint density at radius 2 is 2.25 bits per heavy atom. The van der Waals surface area contributed by atoms with Gasteiger partial charge in [-0.2, -0.15) is 0 Å². The second kappa shape index (κ2) is 5.64. The molecule has 0 saturated heterocycles. The molecule has 5 nitrogen and oxygen atoms in total. The molecule has 0 bridgehead atoms.